The Bertz CT molecular complexity index is 1000. The van der Waals surface area contributed by atoms with Gasteiger partial charge < -0.3 is 20.1 Å². The van der Waals surface area contributed by atoms with E-state index in [0.29, 0.717) is 23.3 Å². The van der Waals surface area contributed by atoms with Crippen molar-refractivity contribution < 1.29 is 9.84 Å². The number of imidazole rings is 1. The molecule has 0 atom stereocenters. The maximum Gasteiger partial charge on any atom is 0.227 e. The van der Waals surface area contributed by atoms with Gasteiger partial charge in [-0.1, -0.05) is 0 Å². The summed E-state index contributed by atoms with van der Waals surface area (Å²) in [6.45, 7) is 5.43. The second-order valence-electron chi connectivity index (χ2n) is 7.79. The average Bonchev–Trinajstić information content (AvgIpc) is 3.42. The van der Waals surface area contributed by atoms with E-state index >= 15 is 0 Å². The van der Waals surface area contributed by atoms with Gasteiger partial charge in [0, 0.05) is 35.3 Å². The number of nitrogens with zero attached hydrogens (tertiary/aromatic N) is 3. The van der Waals surface area contributed by atoms with Crippen molar-refractivity contribution in [1.29, 1.82) is 0 Å². The number of anilines is 2. The third kappa shape index (κ3) is 3.84. The fourth-order valence-electron chi connectivity index (χ4n) is 3.07. The van der Waals surface area contributed by atoms with Crippen molar-refractivity contribution in [3.05, 3.63) is 47.5 Å². The van der Waals surface area contributed by atoms with Gasteiger partial charge in [-0.05, 0) is 51.8 Å². The Hall–Kier alpha value is -2.93. The van der Waals surface area contributed by atoms with Crippen LogP contribution < -0.4 is 10.1 Å². The van der Waals surface area contributed by atoms with Crippen LogP contribution in [-0.2, 0) is 5.60 Å². The van der Waals surface area contributed by atoms with Gasteiger partial charge in [0.15, 0.2) is 0 Å². The molecule has 0 unspecified atom stereocenters. The van der Waals surface area contributed by atoms with Crippen molar-refractivity contribution in [2.24, 2.45) is 0 Å². The molecule has 0 spiro atoms. The van der Waals surface area contributed by atoms with E-state index in [1.54, 1.807) is 27.2 Å². The zero-order valence-corrected chi connectivity index (χ0v) is 16.6. The van der Waals surface area contributed by atoms with E-state index in [-0.39, 0.29) is 0 Å². The highest BCUT2D eigenvalue weighted by molar-refractivity contribution is 5.70. The molecule has 0 aliphatic heterocycles. The minimum atomic E-state index is -1.03. The molecule has 1 aliphatic carbocycles. The largest absolute Gasteiger partial charge is 0.496 e. The molecule has 0 radical (unpaired) electrons. The van der Waals surface area contributed by atoms with Crippen LogP contribution >= 0.6 is 0 Å². The number of aromatic amines is 1. The molecule has 3 N–H and O–H groups in total. The van der Waals surface area contributed by atoms with Crippen molar-refractivity contribution >= 4 is 11.6 Å². The van der Waals surface area contributed by atoms with Gasteiger partial charge >= 0.3 is 0 Å². The van der Waals surface area contributed by atoms with Crippen LogP contribution in [0.4, 0.5) is 11.6 Å². The molecule has 146 valence electrons. The lowest BCUT2D eigenvalue weighted by Crippen LogP contribution is -2.19. The van der Waals surface area contributed by atoms with Crippen LogP contribution in [0.1, 0.15) is 49.7 Å². The van der Waals surface area contributed by atoms with Crippen molar-refractivity contribution in [3.8, 4) is 17.1 Å². The van der Waals surface area contributed by atoms with Gasteiger partial charge in [0.25, 0.3) is 0 Å². The maximum absolute atomic E-state index is 10.4. The number of rotatable bonds is 6. The van der Waals surface area contributed by atoms with Crippen LogP contribution in [0, 0.1) is 6.92 Å². The van der Waals surface area contributed by atoms with Crippen molar-refractivity contribution in [2.45, 2.75) is 45.1 Å². The van der Waals surface area contributed by atoms with Crippen molar-refractivity contribution in [1.82, 2.24) is 19.9 Å². The monoisotopic (exact) mass is 379 g/mol. The molecule has 28 heavy (non-hydrogen) atoms. The van der Waals surface area contributed by atoms with E-state index in [2.05, 4.69) is 25.3 Å². The number of hydrogen-bond donors (Lipinski definition) is 3. The summed E-state index contributed by atoms with van der Waals surface area (Å²) in [5, 5.41) is 13.7. The predicted octanol–water partition coefficient (Wildman–Crippen LogP) is 4.03. The van der Waals surface area contributed by atoms with E-state index in [1.807, 2.05) is 31.2 Å². The van der Waals surface area contributed by atoms with Crippen LogP contribution in [0.15, 0.2) is 30.5 Å². The number of aromatic nitrogens is 4. The topological polar surface area (TPSA) is 95.9 Å². The number of ether oxygens (including phenoxy) is 1. The third-order valence-corrected chi connectivity index (χ3v) is 4.78. The fraction of sp³-hybridized carbons (Fsp3) is 0.381. The third-order valence-electron chi connectivity index (χ3n) is 4.78. The van der Waals surface area contributed by atoms with Gasteiger partial charge in [0.1, 0.15) is 17.2 Å². The molecule has 2 aromatic heterocycles. The van der Waals surface area contributed by atoms with E-state index in [9.17, 15) is 5.11 Å². The number of nitrogens with one attached hydrogen (secondary N) is 2. The number of aliphatic hydroxyl groups is 1. The van der Waals surface area contributed by atoms with Gasteiger partial charge in [-0.2, -0.15) is 0 Å². The quantitative estimate of drug-likeness (QED) is 0.598. The minimum absolute atomic E-state index is 0.462. The molecule has 1 aliphatic rings. The number of H-pyrrole nitrogens is 1. The first-order valence-corrected chi connectivity index (χ1v) is 9.42. The molecule has 4 rings (SSSR count). The summed E-state index contributed by atoms with van der Waals surface area (Å²) in [5.41, 5.74) is 3.24. The highest BCUT2D eigenvalue weighted by Crippen LogP contribution is 2.40. The highest BCUT2D eigenvalue weighted by atomic mass is 16.5. The Morgan fingerprint density at radius 1 is 1.21 bits per heavy atom. The molecule has 3 aromatic rings. The van der Waals surface area contributed by atoms with Crippen LogP contribution in [0.5, 0.6) is 5.75 Å². The highest BCUT2D eigenvalue weighted by Gasteiger charge is 2.28. The average molecular weight is 379 g/mol. The SMILES string of the molecule is COc1cc(Nc2nc(C3CC3)cc(C(C)(C)O)n2)ccc1-c1ncc(C)[nH]1. The maximum atomic E-state index is 10.4. The molecule has 7 nitrogen and oxygen atoms in total. The Morgan fingerprint density at radius 3 is 2.61 bits per heavy atom. The summed E-state index contributed by atoms with van der Waals surface area (Å²) < 4.78 is 5.56. The lowest BCUT2D eigenvalue weighted by atomic mass is 10.0. The molecule has 1 fully saturated rings. The Balaban J connectivity index is 1.66. The van der Waals surface area contributed by atoms with Gasteiger partial charge in [-0.15, -0.1) is 0 Å². The summed E-state index contributed by atoms with van der Waals surface area (Å²) in [6, 6.07) is 7.68. The summed E-state index contributed by atoms with van der Waals surface area (Å²) in [5.74, 6) is 2.39. The Labute approximate surface area is 164 Å². The van der Waals surface area contributed by atoms with Crippen LogP contribution in [0.3, 0.4) is 0 Å². The zero-order chi connectivity index (χ0) is 19.9. The summed E-state index contributed by atoms with van der Waals surface area (Å²) in [4.78, 5) is 16.8. The second kappa shape index (κ2) is 6.91. The molecule has 2 heterocycles. The fourth-order valence-corrected chi connectivity index (χ4v) is 3.07. The zero-order valence-electron chi connectivity index (χ0n) is 16.6. The van der Waals surface area contributed by atoms with Gasteiger partial charge in [0.05, 0.1) is 18.4 Å². The van der Waals surface area contributed by atoms with Gasteiger partial charge in [-0.25, -0.2) is 15.0 Å². The second-order valence-corrected chi connectivity index (χ2v) is 7.79. The molecule has 0 saturated heterocycles. The molecular weight excluding hydrogens is 354 g/mol. The van der Waals surface area contributed by atoms with Crippen molar-refractivity contribution in [2.75, 3.05) is 12.4 Å². The Kier molecular flexibility index (Phi) is 4.55. The van der Waals surface area contributed by atoms with Crippen LogP contribution in [0.25, 0.3) is 11.4 Å². The number of benzene rings is 1. The molecule has 0 bridgehead atoms. The van der Waals surface area contributed by atoms with E-state index in [1.165, 1.54) is 0 Å². The predicted molar refractivity (Wildman–Crippen MR) is 108 cm³/mol. The number of hydrogen-bond acceptors (Lipinski definition) is 6. The standard InChI is InChI=1S/C21H25N5O2/c1-12-11-22-19(23-12)15-8-7-14(9-17(15)28-4)24-20-25-16(13-5-6-13)10-18(26-20)21(2,3)27/h7-11,13,27H,5-6H2,1-4H3,(H,22,23)(H,24,25,26). The summed E-state index contributed by atoms with van der Waals surface area (Å²) in [6.07, 6.45) is 4.05. The summed E-state index contributed by atoms with van der Waals surface area (Å²) >= 11 is 0. The van der Waals surface area contributed by atoms with Gasteiger partial charge in [-0.3, -0.25) is 0 Å². The first-order chi connectivity index (χ1) is 13.3. The number of aryl methyl sites for hydroxylation is 1. The molecule has 1 saturated carbocycles. The van der Waals surface area contributed by atoms with E-state index in [0.717, 1.165) is 41.3 Å². The van der Waals surface area contributed by atoms with Gasteiger partial charge in [0.2, 0.25) is 5.95 Å². The number of methoxy groups -OCH3 is 1. The molecular formula is C21H25N5O2. The van der Waals surface area contributed by atoms with E-state index < -0.39 is 5.60 Å². The summed E-state index contributed by atoms with van der Waals surface area (Å²) in [7, 11) is 1.63. The van der Waals surface area contributed by atoms with E-state index in [4.69, 9.17) is 4.74 Å². The van der Waals surface area contributed by atoms with Crippen LogP contribution in [0.2, 0.25) is 0 Å². The molecule has 1 aromatic carbocycles. The first kappa shape index (κ1) is 18.4. The first-order valence-electron chi connectivity index (χ1n) is 9.42. The smallest absolute Gasteiger partial charge is 0.227 e. The lowest BCUT2D eigenvalue weighted by molar-refractivity contribution is 0.0737. The Morgan fingerprint density at radius 2 is 2.00 bits per heavy atom. The lowest BCUT2D eigenvalue weighted by Gasteiger charge is -2.19. The normalized spacial score (nSPS) is 14.2. The molecule has 0 amide bonds. The molecule has 7 heteroatoms. The van der Waals surface area contributed by atoms with Crippen molar-refractivity contribution in [3.63, 3.8) is 0 Å². The minimum Gasteiger partial charge on any atom is -0.496 e. The van der Waals surface area contributed by atoms with Crippen LogP contribution in [-0.4, -0.2) is 32.2 Å².